The van der Waals surface area contributed by atoms with Gasteiger partial charge in [-0.15, -0.1) is 11.3 Å². The second-order valence-corrected chi connectivity index (χ2v) is 14.5. The first-order valence-corrected chi connectivity index (χ1v) is 19.8. The summed E-state index contributed by atoms with van der Waals surface area (Å²) in [5.41, 5.74) is 3.83. The Hall–Kier alpha value is -4.38. The van der Waals surface area contributed by atoms with E-state index in [0.29, 0.717) is 49.5 Å². The molecule has 1 saturated heterocycles. The van der Waals surface area contributed by atoms with Gasteiger partial charge in [-0.2, -0.15) is 0 Å². The summed E-state index contributed by atoms with van der Waals surface area (Å²) in [6, 6.07) is 26.9. The van der Waals surface area contributed by atoms with Crippen molar-refractivity contribution in [1.82, 2.24) is 20.1 Å². The van der Waals surface area contributed by atoms with Gasteiger partial charge in [-0.1, -0.05) is 99.1 Å². The van der Waals surface area contributed by atoms with Crippen LogP contribution in [0.25, 0.3) is 0 Å². The van der Waals surface area contributed by atoms with E-state index in [1.54, 1.807) is 40.5 Å². The first kappa shape index (κ1) is 47.6. The number of likely N-dealkylation sites (tertiary alicyclic amines) is 1. The zero-order chi connectivity index (χ0) is 40.4. The van der Waals surface area contributed by atoms with Gasteiger partial charge < -0.3 is 20.1 Å². The Kier molecular flexibility index (Phi) is 24.0. The summed E-state index contributed by atoms with van der Waals surface area (Å²) in [6.07, 6.45) is 4.44. The van der Waals surface area contributed by atoms with Gasteiger partial charge in [0.25, 0.3) is 5.91 Å². The van der Waals surface area contributed by atoms with Crippen molar-refractivity contribution in [3.8, 4) is 0 Å². The Balaban J connectivity index is 0.000000409. The number of hydrogen-bond donors (Lipinski definition) is 2. The second kappa shape index (κ2) is 27.2. The molecule has 0 radical (unpaired) electrons. The van der Waals surface area contributed by atoms with Gasteiger partial charge in [-0.25, -0.2) is 9.78 Å². The average Bonchev–Trinajstić information content (AvgIpc) is 3.81. The van der Waals surface area contributed by atoms with Gasteiger partial charge in [0.1, 0.15) is 16.9 Å². The zero-order valence-corrected chi connectivity index (χ0v) is 34.8. The summed E-state index contributed by atoms with van der Waals surface area (Å²) in [5, 5.41) is 14.8. The minimum atomic E-state index is -0.527. The van der Waals surface area contributed by atoms with E-state index in [9.17, 15) is 14.4 Å². The molecule has 0 spiro atoms. The van der Waals surface area contributed by atoms with E-state index in [1.807, 2.05) is 90.1 Å². The number of carbonyl (C=O) groups is 3. The van der Waals surface area contributed by atoms with Crippen LogP contribution < -0.4 is 5.32 Å². The lowest BCUT2D eigenvalue weighted by Crippen LogP contribution is -2.39. The van der Waals surface area contributed by atoms with Crippen LogP contribution in [0.1, 0.15) is 116 Å². The van der Waals surface area contributed by atoms with E-state index >= 15 is 0 Å². The third-order valence-corrected chi connectivity index (χ3v) is 8.79. The monoisotopic (exact) mass is 760 g/mol. The maximum atomic E-state index is 12.2. The number of nitrogens with zero attached hydrogens (tertiary/aromatic N) is 3. The number of ether oxygens (including phenoxy) is 1. The quantitative estimate of drug-likeness (QED) is 0.122. The highest BCUT2D eigenvalue weighted by molar-refractivity contribution is 7.09. The highest BCUT2D eigenvalue weighted by Crippen LogP contribution is 2.31. The highest BCUT2D eigenvalue weighted by atomic mass is 32.1. The Morgan fingerprint density at radius 1 is 1.00 bits per heavy atom. The van der Waals surface area contributed by atoms with Crippen molar-refractivity contribution in [1.29, 1.82) is 0 Å². The third kappa shape index (κ3) is 20.2. The number of rotatable bonds is 10. The molecule has 4 aromatic rings. The predicted octanol–water partition coefficient (Wildman–Crippen LogP) is 9.68. The number of nitrogens with one attached hydrogen (secondary N) is 1. The average molecular weight is 761 g/mol. The minimum absolute atomic E-state index is 0.140. The van der Waals surface area contributed by atoms with Crippen LogP contribution in [0, 0.1) is 13.8 Å². The number of carbonyl (C=O) groups excluding carboxylic acids is 3. The molecule has 10 heteroatoms. The molecule has 54 heavy (non-hydrogen) atoms. The second-order valence-electron chi connectivity index (χ2n) is 13.6. The van der Waals surface area contributed by atoms with Crippen molar-refractivity contribution in [2.24, 2.45) is 0 Å². The maximum Gasteiger partial charge on any atom is 0.410 e. The van der Waals surface area contributed by atoms with Gasteiger partial charge in [0.05, 0.1) is 12.6 Å². The number of aromatic nitrogens is 1. The lowest BCUT2D eigenvalue weighted by atomic mass is 10.1. The summed E-state index contributed by atoms with van der Waals surface area (Å²) in [4.78, 5) is 43.6. The summed E-state index contributed by atoms with van der Waals surface area (Å²) in [6.45, 7) is 18.6. The zero-order valence-electron chi connectivity index (χ0n) is 34.0. The molecule has 9 nitrogen and oxygen atoms in total. The summed E-state index contributed by atoms with van der Waals surface area (Å²) < 4.78 is 5.39. The Morgan fingerprint density at radius 2 is 1.65 bits per heavy atom. The van der Waals surface area contributed by atoms with Gasteiger partial charge in [0.15, 0.2) is 0 Å². The molecular weight excluding hydrogens is 697 g/mol. The fraction of sp³-hybridized carbons (Fsp3) is 0.455. The number of hydrogen-bond acceptors (Lipinski definition) is 8. The van der Waals surface area contributed by atoms with Crippen LogP contribution >= 0.6 is 11.3 Å². The normalized spacial score (nSPS) is 13.2. The number of aryl methyl sites for hydroxylation is 2. The van der Waals surface area contributed by atoms with Crippen LogP contribution in [-0.2, 0) is 11.3 Å². The SMILES string of the molecule is CC.CCCN(CCCNC(=O)c1cccc(C=O)c1)C(=O)OC(C)(C)C.Cc1ccccc1.Cc1csc(C2CCCN2C)n1.OCc1ccccc1. The largest absolute Gasteiger partial charge is 0.444 e. The molecule has 1 aromatic heterocycles. The molecule has 0 bridgehead atoms. The van der Waals surface area contributed by atoms with E-state index in [4.69, 9.17) is 9.84 Å². The van der Waals surface area contributed by atoms with Crippen LogP contribution in [0.15, 0.2) is 90.3 Å². The fourth-order valence-corrected chi connectivity index (χ4v) is 6.08. The molecule has 1 aliphatic heterocycles. The maximum absolute atomic E-state index is 12.2. The first-order valence-electron chi connectivity index (χ1n) is 19.0. The molecule has 2 heterocycles. The number of amides is 2. The van der Waals surface area contributed by atoms with E-state index in [1.165, 1.54) is 30.0 Å². The van der Waals surface area contributed by atoms with E-state index in [2.05, 4.69) is 53.6 Å². The molecule has 3 aromatic carbocycles. The summed E-state index contributed by atoms with van der Waals surface area (Å²) >= 11 is 1.80. The molecule has 2 N–H and O–H groups in total. The molecule has 1 fully saturated rings. The smallest absolute Gasteiger partial charge is 0.410 e. The lowest BCUT2D eigenvalue weighted by Gasteiger charge is -2.27. The summed E-state index contributed by atoms with van der Waals surface area (Å²) in [7, 11) is 2.19. The standard InChI is InChI=1S/C19H28N2O4.C9H14N2S.C7H8O.C7H8.C2H6/c1-5-11-21(18(24)25-19(2,3)4)12-7-10-20-17(23)16-9-6-8-15(13-16)14-22;1-7-6-12-9(10-7)8-4-3-5-11(8)2;8-6-7-4-2-1-3-5-7;1-7-5-3-2-4-6-7;1-2/h6,8-9,13-14H,5,7,10-12H2,1-4H3,(H,20,23);6,8H,3-5H2,1-2H3;1-5,8H,6H2;2-6H,1H3;1-2H3. The van der Waals surface area contributed by atoms with Gasteiger partial charge in [0, 0.05) is 41.8 Å². The Bertz CT molecular complexity index is 1590. The van der Waals surface area contributed by atoms with Gasteiger partial charge in [0.2, 0.25) is 0 Å². The van der Waals surface area contributed by atoms with Gasteiger partial charge in [-0.05, 0) is 91.6 Å². The van der Waals surface area contributed by atoms with Crippen molar-refractivity contribution in [2.75, 3.05) is 33.2 Å². The van der Waals surface area contributed by atoms with E-state index in [0.717, 1.165) is 17.7 Å². The van der Waals surface area contributed by atoms with Crippen LogP contribution in [0.3, 0.4) is 0 Å². The topological polar surface area (TPSA) is 112 Å². The van der Waals surface area contributed by atoms with Crippen molar-refractivity contribution in [3.63, 3.8) is 0 Å². The molecule has 0 saturated carbocycles. The van der Waals surface area contributed by atoms with Gasteiger partial charge in [-0.3, -0.25) is 14.5 Å². The Labute approximate surface area is 328 Å². The predicted molar refractivity (Wildman–Crippen MR) is 223 cm³/mol. The van der Waals surface area contributed by atoms with Crippen molar-refractivity contribution in [3.05, 3.63) is 123 Å². The number of benzene rings is 3. The van der Waals surface area contributed by atoms with Gasteiger partial charge >= 0.3 is 6.09 Å². The minimum Gasteiger partial charge on any atom is -0.444 e. The fourth-order valence-electron chi connectivity index (χ4n) is 5.08. The molecule has 1 atom stereocenters. The van der Waals surface area contributed by atoms with Crippen molar-refractivity contribution in [2.45, 2.75) is 99.3 Å². The van der Waals surface area contributed by atoms with E-state index in [-0.39, 0.29) is 18.6 Å². The lowest BCUT2D eigenvalue weighted by molar-refractivity contribution is 0.0248. The third-order valence-electron chi connectivity index (χ3n) is 7.73. The number of aliphatic hydroxyl groups is 1. The van der Waals surface area contributed by atoms with Crippen LogP contribution in [0.2, 0.25) is 0 Å². The molecule has 5 rings (SSSR count). The number of aliphatic hydroxyl groups excluding tert-OH is 1. The highest BCUT2D eigenvalue weighted by Gasteiger charge is 2.24. The van der Waals surface area contributed by atoms with E-state index < -0.39 is 5.60 Å². The number of thiazole rings is 1. The van der Waals surface area contributed by atoms with Crippen LogP contribution in [0.4, 0.5) is 4.79 Å². The summed E-state index contributed by atoms with van der Waals surface area (Å²) in [5.74, 6) is -0.233. The first-order chi connectivity index (χ1) is 25.9. The molecular formula is C44H64N4O5S. The Morgan fingerprint density at radius 3 is 2.11 bits per heavy atom. The van der Waals surface area contributed by atoms with Crippen molar-refractivity contribution < 1.29 is 24.2 Å². The van der Waals surface area contributed by atoms with Crippen LogP contribution in [-0.4, -0.2) is 77.0 Å². The molecule has 2 amide bonds. The molecule has 1 unspecified atom stereocenters. The number of aldehydes is 1. The molecule has 0 aliphatic carbocycles. The molecule has 296 valence electrons. The molecule has 1 aliphatic rings. The van der Waals surface area contributed by atoms with Crippen molar-refractivity contribution >= 4 is 29.6 Å². The van der Waals surface area contributed by atoms with Crippen LogP contribution in [0.5, 0.6) is 0 Å².